The maximum absolute atomic E-state index is 12.5. The molecule has 0 unspecified atom stereocenters. The maximum atomic E-state index is 12.5. The molecule has 0 bridgehead atoms. The van der Waals surface area contributed by atoms with Crippen molar-refractivity contribution >= 4 is 28.8 Å². The van der Waals surface area contributed by atoms with Crippen LogP contribution in [0, 0.1) is 0 Å². The summed E-state index contributed by atoms with van der Waals surface area (Å²) in [5.41, 5.74) is 0.103. The summed E-state index contributed by atoms with van der Waals surface area (Å²) < 4.78 is 5.17. The highest BCUT2D eigenvalue weighted by atomic mass is 16.5. The number of fused-ring (bicyclic) bond motifs is 1. The number of ether oxygens (including phenoxy) is 1. The molecule has 0 saturated heterocycles. The zero-order valence-electron chi connectivity index (χ0n) is 15.6. The molecule has 2 aromatic rings. The lowest BCUT2D eigenvalue weighted by molar-refractivity contribution is -0.127. The summed E-state index contributed by atoms with van der Waals surface area (Å²) >= 11 is 0. The fourth-order valence-electron chi connectivity index (χ4n) is 3.33. The molecule has 1 fully saturated rings. The van der Waals surface area contributed by atoms with Crippen LogP contribution < -0.4 is 16.2 Å². The topological polar surface area (TPSA) is 117 Å². The van der Waals surface area contributed by atoms with Gasteiger partial charge in [-0.05, 0) is 25.8 Å². The van der Waals surface area contributed by atoms with Gasteiger partial charge in [-0.15, -0.1) is 0 Å². The fraction of sp³-hybridized carbons (Fsp3) is 0.400. The van der Waals surface area contributed by atoms with E-state index < -0.39 is 29.6 Å². The highest BCUT2D eigenvalue weighted by Gasteiger charge is 2.23. The first-order valence-electron chi connectivity index (χ1n) is 9.38. The predicted molar refractivity (Wildman–Crippen MR) is 103 cm³/mol. The van der Waals surface area contributed by atoms with E-state index >= 15 is 0 Å². The number of H-pyrrole nitrogens is 1. The van der Waals surface area contributed by atoms with Gasteiger partial charge in [0, 0.05) is 23.0 Å². The number of carbonyl (C=O) groups is 3. The van der Waals surface area contributed by atoms with Gasteiger partial charge in [-0.25, -0.2) is 9.59 Å². The van der Waals surface area contributed by atoms with Gasteiger partial charge >= 0.3 is 12.0 Å². The van der Waals surface area contributed by atoms with Crippen LogP contribution >= 0.6 is 0 Å². The summed E-state index contributed by atoms with van der Waals surface area (Å²) in [5, 5.41) is 5.47. The molecule has 0 aliphatic heterocycles. The molecule has 1 heterocycles. The Hall–Kier alpha value is -3.16. The molecule has 0 radical (unpaired) electrons. The molecule has 148 valence electrons. The van der Waals surface area contributed by atoms with Crippen LogP contribution in [-0.4, -0.2) is 35.0 Å². The molecule has 0 spiro atoms. The van der Waals surface area contributed by atoms with Gasteiger partial charge in [0.05, 0.1) is 5.56 Å². The van der Waals surface area contributed by atoms with Gasteiger partial charge < -0.3 is 15.0 Å². The Bertz CT molecular complexity index is 946. The molecule has 28 heavy (non-hydrogen) atoms. The number of esters is 1. The number of urea groups is 1. The first-order valence-corrected chi connectivity index (χ1v) is 9.38. The quantitative estimate of drug-likeness (QED) is 0.698. The molecule has 3 N–H and O–H groups in total. The monoisotopic (exact) mass is 385 g/mol. The summed E-state index contributed by atoms with van der Waals surface area (Å²) in [4.78, 5) is 51.0. The Morgan fingerprint density at radius 2 is 1.86 bits per heavy atom. The third-order valence-electron chi connectivity index (χ3n) is 4.80. The molecule has 1 saturated carbocycles. The first-order chi connectivity index (χ1) is 13.4. The highest BCUT2D eigenvalue weighted by Crippen LogP contribution is 2.17. The van der Waals surface area contributed by atoms with E-state index in [2.05, 4.69) is 15.6 Å². The van der Waals surface area contributed by atoms with Crippen LogP contribution in [-0.2, 0) is 9.53 Å². The summed E-state index contributed by atoms with van der Waals surface area (Å²) in [5.74, 6) is -1.53. The average molecular weight is 385 g/mol. The zero-order chi connectivity index (χ0) is 20.1. The average Bonchev–Trinajstić information content (AvgIpc) is 2.67. The van der Waals surface area contributed by atoms with Gasteiger partial charge in [0.1, 0.15) is 0 Å². The minimum absolute atomic E-state index is 0.0572. The van der Waals surface area contributed by atoms with Crippen molar-refractivity contribution in [3.63, 3.8) is 0 Å². The van der Waals surface area contributed by atoms with E-state index in [0.29, 0.717) is 10.9 Å². The second-order valence-corrected chi connectivity index (χ2v) is 6.94. The van der Waals surface area contributed by atoms with Crippen LogP contribution in [0.5, 0.6) is 0 Å². The van der Waals surface area contributed by atoms with Crippen molar-refractivity contribution in [3.8, 4) is 0 Å². The minimum Gasteiger partial charge on any atom is -0.449 e. The summed E-state index contributed by atoms with van der Waals surface area (Å²) in [6.07, 6.45) is 3.85. The van der Waals surface area contributed by atoms with E-state index in [1.807, 2.05) is 0 Å². The number of aromatic nitrogens is 1. The number of pyridine rings is 1. The van der Waals surface area contributed by atoms with E-state index in [9.17, 15) is 19.2 Å². The number of imide groups is 1. The number of amides is 3. The van der Waals surface area contributed by atoms with Crippen molar-refractivity contribution in [1.29, 1.82) is 0 Å². The highest BCUT2D eigenvalue weighted by molar-refractivity contribution is 6.04. The second kappa shape index (κ2) is 8.69. The largest absolute Gasteiger partial charge is 0.449 e. The van der Waals surface area contributed by atoms with Gasteiger partial charge in [0.25, 0.3) is 5.91 Å². The molecule has 1 atom stereocenters. The SMILES string of the molecule is C[C@H](OC(=O)c1cc(=O)[nH]c2ccccc12)C(=O)NC(=O)NC1CCCCC1. The number of benzene rings is 1. The lowest BCUT2D eigenvalue weighted by atomic mass is 9.96. The summed E-state index contributed by atoms with van der Waals surface area (Å²) in [7, 11) is 0. The molecule has 1 aromatic heterocycles. The fourth-order valence-corrected chi connectivity index (χ4v) is 3.33. The molecule has 1 aliphatic rings. The normalized spacial score (nSPS) is 15.6. The standard InChI is InChI=1S/C20H23N3O5/c1-12(18(25)23-20(27)21-13-7-3-2-4-8-13)28-19(26)15-11-17(24)22-16-10-6-5-9-14(15)16/h5-6,9-13H,2-4,7-8H2,1H3,(H,22,24)(H2,21,23,25,27)/t12-/m0/s1. The van der Waals surface area contributed by atoms with Gasteiger partial charge in [0.15, 0.2) is 6.10 Å². The van der Waals surface area contributed by atoms with Gasteiger partial charge in [-0.2, -0.15) is 0 Å². The maximum Gasteiger partial charge on any atom is 0.339 e. The number of nitrogens with one attached hydrogen (secondary N) is 3. The smallest absolute Gasteiger partial charge is 0.339 e. The van der Waals surface area contributed by atoms with Crippen LogP contribution in [0.25, 0.3) is 10.9 Å². The Morgan fingerprint density at radius 1 is 1.14 bits per heavy atom. The van der Waals surface area contributed by atoms with E-state index in [1.54, 1.807) is 24.3 Å². The number of hydrogen-bond donors (Lipinski definition) is 3. The Morgan fingerprint density at radius 3 is 2.61 bits per heavy atom. The van der Waals surface area contributed by atoms with Crippen molar-refractivity contribution in [3.05, 3.63) is 46.2 Å². The number of hydrogen-bond acceptors (Lipinski definition) is 5. The van der Waals surface area contributed by atoms with E-state index in [-0.39, 0.29) is 11.6 Å². The second-order valence-electron chi connectivity index (χ2n) is 6.94. The number of para-hydroxylation sites is 1. The van der Waals surface area contributed by atoms with Gasteiger partial charge in [0.2, 0.25) is 5.56 Å². The van der Waals surface area contributed by atoms with Crippen molar-refractivity contribution in [2.24, 2.45) is 0 Å². The molecule has 8 nitrogen and oxygen atoms in total. The number of rotatable bonds is 4. The molecular formula is C20H23N3O5. The molecule has 8 heteroatoms. The van der Waals surface area contributed by atoms with Crippen LogP contribution in [0.4, 0.5) is 4.79 Å². The Balaban J connectivity index is 1.61. The number of carbonyl (C=O) groups excluding carboxylic acids is 3. The Kier molecular flexibility index (Phi) is 6.08. The predicted octanol–water partition coefficient (Wildman–Crippen LogP) is 2.23. The van der Waals surface area contributed by atoms with Crippen molar-refractivity contribution < 1.29 is 19.1 Å². The lowest BCUT2D eigenvalue weighted by Gasteiger charge is -2.23. The van der Waals surface area contributed by atoms with E-state index in [1.165, 1.54) is 6.92 Å². The van der Waals surface area contributed by atoms with Crippen LogP contribution in [0.15, 0.2) is 35.1 Å². The molecule has 3 amide bonds. The van der Waals surface area contributed by atoms with Crippen molar-refractivity contribution in [2.45, 2.75) is 51.2 Å². The summed E-state index contributed by atoms with van der Waals surface area (Å²) in [6.45, 7) is 1.37. The lowest BCUT2D eigenvalue weighted by Crippen LogP contribution is -2.48. The third-order valence-corrected chi connectivity index (χ3v) is 4.80. The molecule has 1 aliphatic carbocycles. The molecule has 1 aromatic carbocycles. The van der Waals surface area contributed by atoms with E-state index in [0.717, 1.165) is 38.2 Å². The molecular weight excluding hydrogens is 362 g/mol. The summed E-state index contributed by atoms with van der Waals surface area (Å²) in [6, 6.07) is 7.38. The minimum atomic E-state index is -1.19. The first kappa shape index (κ1) is 19.6. The van der Waals surface area contributed by atoms with Gasteiger partial charge in [-0.3, -0.25) is 14.9 Å². The van der Waals surface area contributed by atoms with Crippen LogP contribution in [0.3, 0.4) is 0 Å². The zero-order valence-corrected chi connectivity index (χ0v) is 15.6. The molecule has 3 rings (SSSR count). The van der Waals surface area contributed by atoms with Crippen LogP contribution in [0.2, 0.25) is 0 Å². The number of aromatic amines is 1. The third kappa shape index (κ3) is 4.76. The Labute approximate surface area is 161 Å². The van der Waals surface area contributed by atoms with Crippen LogP contribution in [0.1, 0.15) is 49.4 Å². The van der Waals surface area contributed by atoms with Crippen molar-refractivity contribution in [2.75, 3.05) is 0 Å². The van der Waals surface area contributed by atoms with E-state index in [4.69, 9.17) is 4.74 Å². The van der Waals surface area contributed by atoms with Gasteiger partial charge in [-0.1, -0.05) is 37.5 Å². The van der Waals surface area contributed by atoms with Crippen molar-refractivity contribution in [1.82, 2.24) is 15.6 Å².